The maximum absolute atomic E-state index is 13.0. The molecule has 13 heavy (non-hydrogen) atoms. The molecule has 0 aliphatic carbocycles. The summed E-state index contributed by atoms with van der Waals surface area (Å²) in [6, 6.07) is 6.42. The summed E-state index contributed by atoms with van der Waals surface area (Å²) in [6.07, 6.45) is -0.628. The fraction of sp³-hybridized carbons (Fsp3) is 0.300. The molecule has 1 rings (SSSR count). The normalized spacial score (nSPS) is 11.8. The van der Waals surface area contributed by atoms with Crippen molar-refractivity contribution in [2.75, 3.05) is 0 Å². The average molecular weight is 179 g/mol. The third-order valence-electron chi connectivity index (χ3n) is 1.57. The van der Waals surface area contributed by atoms with E-state index in [0.29, 0.717) is 0 Å². The lowest BCUT2D eigenvalue weighted by atomic mass is 10.2. The molecular weight excluding hydrogens is 169 g/mol. The summed E-state index contributed by atoms with van der Waals surface area (Å²) in [6.45, 7) is 3.41. The molecule has 1 atom stereocenters. The summed E-state index contributed by atoms with van der Waals surface area (Å²) < 4.78 is 18.1. The minimum Gasteiger partial charge on any atom is -0.473 e. The van der Waals surface area contributed by atoms with Crippen LogP contribution in [0.15, 0.2) is 18.2 Å². The predicted octanol–water partition coefficient (Wildman–Crippen LogP) is 2.43. The molecule has 0 fully saturated rings. The maximum atomic E-state index is 13.0. The lowest BCUT2D eigenvalue weighted by Gasteiger charge is -2.08. The van der Waals surface area contributed by atoms with E-state index in [2.05, 4.69) is 0 Å². The molecule has 0 aromatic heterocycles. The first kappa shape index (κ1) is 9.53. The van der Waals surface area contributed by atoms with Crippen LogP contribution in [0.2, 0.25) is 0 Å². The lowest BCUT2D eigenvalue weighted by molar-refractivity contribution is 0.263. The summed E-state index contributed by atoms with van der Waals surface area (Å²) in [4.78, 5) is 0. The van der Waals surface area contributed by atoms with Crippen molar-refractivity contribution in [1.29, 1.82) is 5.26 Å². The second kappa shape index (κ2) is 3.90. The summed E-state index contributed by atoms with van der Waals surface area (Å²) >= 11 is 0. The molecule has 0 radical (unpaired) electrons. The molecule has 0 saturated carbocycles. The van der Waals surface area contributed by atoms with Gasteiger partial charge in [-0.25, -0.2) is 4.39 Å². The number of ether oxygens (including phenoxy) is 1. The molecule has 3 heteroatoms. The van der Waals surface area contributed by atoms with Crippen LogP contribution in [0.25, 0.3) is 0 Å². The fourth-order valence-electron chi connectivity index (χ4n) is 0.918. The highest BCUT2D eigenvalue weighted by atomic mass is 19.1. The Bertz CT molecular complexity index is 343. The van der Waals surface area contributed by atoms with Crippen LogP contribution in [0.5, 0.6) is 5.75 Å². The highest BCUT2D eigenvalue weighted by molar-refractivity contribution is 5.29. The van der Waals surface area contributed by atoms with Crippen molar-refractivity contribution in [2.24, 2.45) is 0 Å². The number of aryl methyl sites for hydroxylation is 1. The Labute approximate surface area is 76.6 Å². The average Bonchev–Trinajstić information content (AvgIpc) is 2.11. The minimum absolute atomic E-state index is 0.133. The molecule has 0 bridgehead atoms. The molecule has 68 valence electrons. The molecule has 0 saturated heterocycles. The number of hydrogen-bond donors (Lipinski definition) is 0. The Kier molecular flexibility index (Phi) is 2.86. The van der Waals surface area contributed by atoms with Crippen LogP contribution in [0.3, 0.4) is 0 Å². The van der Waals surface area contributed by atoms with E-state index in [0.717, 1.165) is 5.56 Å². The van der Waals surface area contributed by atoms with Crippen molar-refractivity contribution in [3.8, 4) is 11.8 Å². The van der Waals surface area contributed by atoms with Gasteiger partial charge in [-0.1, -0.05) is 6.07 Å². The summed E-state index contributed by atoms with van der Waals surface area (Å²) in [5.74, 6) is -0.304. The molecule has 0 aliphatic heterocycles. The van der Waals surface area contributed by atoms with E-state index in [1.54, 1.807) is 19.1 Å². The van der Waals surface area contributed by atoms with Gasteiger partial charge in [-0.2, -0.15) is 5.26 Å². The van der Waals surface area contributed by atoms with Gasteiger partial charge in [0.2, 0.25) is 0 Å². The number of rotatable bonds is 2. The Morgan fingerprint density at radius 2 is 2.23 bits per heavy atom. The van der Waals surface area contributed by atoms with E-state index in [9.17, 15) is 4.39 Å². The van der Waals surface area contributed by atoms with Gasteiger partial charge in [0.1, 0.15) is 6.07 Å². The van der Waals surface area contributed by atoms with E-state index in [-0.39, 0.29) is 5.75 Å². The molecule has 0 heterocycles. The van der Waals surface area contributed by atoms with Gasteiger partial charge in [0.15, 0.2) is 17.7 Å². The molecule has 0 N–H and O–H groups in total. The third kappa shape index (κ3) is 2.45. The van der Waals surface area contributed by atoms with E-state index in [1.807, 2.05) is 13.0 Å². The van der Waals surface area contributed by atoms with E-state index in [4.69, 9.17) is 10.00 Å². The third-order valence-corrected chi connectivity index (χ3v) is 1.57. The summed E-state index contributed by atoms with van der Waals surface area (Å²) in [5.41, 5.74) is 0.904. The number of hydrogen-bond acceptors (Lipinski definition) is 2. The summed E-state index contributed by atoms with van der Waals surface area (Å²) in [5, 5.41) is 8.46. The Hall–Kier alpha value is -1.56. The van der Waals surface area contributed by atoms with Gasteiger partial charge in [0.25, 0.3) is 0 Å². The molecular formula is C10H10FNO. The molecule has 1 aromatic carbocycles. The van der Waals surface area contributed by atoms with Gasteiger partial charge in [-0.3, -0.25) is 0 Å². The van der Waals surface area contributed by atoms with Crippen molar-refractivity contribution in [1.82, 2.24) is 0 Å². The number of nitrogens with zero attached hydrogens (tertiary/aromatic N) is 1. The van der Waals surface area contributed by atoms with Crippen molar-refractivity contribution in [3.63, 3.8) is 0 Å². The highest BCUT2D eigenvalue weighted by Gasteiger charge is 2.06. The first-order valence-electron chi connectivity index (χ1n) is 3.96. The molecule has 0 spiro atoms. The number of benzene rings is 1. The van der Waals surface area contributed by atoms with Crippen LogP contribution in [-0.4, -0.2) is 6.10 Å². The first-order chi connectivity index (χ1) is 6.13. The fourth-order valence-corrected chi connectivity index (χ4v) is 0.918. The van der Waals surface area contributed by atoms with Crippen LogP contribution in [0, 0.1) is 24.1 Å². The molecule has 2 nitrogen and oxygen atoms in total. The van der Waals surface area contributed by atoms with Gasteiger partial charge in [-0.05, 0) is 31.5 Å². The van der Waals surface area contributed by atoms with Crippen LogP contribution in [-0.2, 0) is 0 Å². The van der Waals surface area contributed by atoms with E-state index in [1.165, 1.54) is 6.07 Å². The Balaban J connectivity index is 2.88. The van der Waals surface area contributed by atoms with Crippen LogP contribution in [0.4, 0.5) is 4.39 Å². The quantitative estimate of drug-likeness (QED) is 0.698. The molecule has 0 amide bonds. The van der Waals surface area contributed by atoms with Gasteiger partial charge < -0.3 is 4.74 Å². The number of halogens is 1. The molecule has 1 unspecified atom stereocenters. The summed E-state index contributed by atoms with van der Waals surface area (Å²) in [7, 11) is 0. The van der Waals surface area contributed by atoms with Crippen LogP contribution in [0.1, 0.15) is 12.5 Å². The van der Waals surface area contributed by atoms with Gasteiger partial charge in [0, 0.05) is 0 Å². The highest BCUT2D eigenvalue weighted by Crippen LogP contribution is 2.19. The smallest absolute Gasteiger partial charge is 0.181 e. The van der Waals surface area contributed by atoms with Gasteiger partial charge >= 0.3 is 0 Å². The molecule has 0 aliphatic rings. The Morgan fingerprint density at radius 1 is 1.54 bits per heavy atom. The lowest BCUT2D eigenvalue weighted by Crippen LogP contribution is -2.09. The van der Waals surface area contributed by atoms with E-state index < -0.39 is 11.9 Å². The van der Waals surface area contributed by atoms with E-state index >= 15 is 0 Å². The van der Waals surface area contributed by atoms with Crippen molar-refractivity contribution < 1.29 is 9.13 Å². The predicted molar refractivity (Wildman–Crippen MR) is 46.8 cm³/mol. The standard InChI is InChI=1S/C10H10FNO/c1-7-3-4-9(11)10(5-7)13-8(2)6-12/h3-5,8H,1-2H3. The SMILES string of the molecule is Cc1ccc(F)c(OC(C)C#N)c1. The van der Waals surface area contributed by atoms with Crippen LogP contribution < -0.4 is 4.74 Å². The van der Waals surface area contributed by atoms with Gasteiger partial charge in [-0.15, -0.1) is 0 Å². The number of nitriles is 1. The van der Waals surface area contributed by atoms with Crippen molar-refractivity contribution in [3.05, 3.63) is 29.6 Å². The van der Waals surface area contributed by atoms with Crippen LogP contribution >= 0.6 is 0 Å². The maximum Gasteiger partial charge on any atom is 0.181 e. The zero-order valence-corrected chi connectivity index (χ0v) is 7.54. The topological polar surface area (TPSA) is 33.0 Å². The minimum atomic E-state index is -0.628. The second-order valence-electron chi connectivity index (χ2n) is 2.82. The molecule has 1 aromatic rings. The Morgan fingerprint density at radius 3 is 2.85 bits per heavy atom. The second-order valence-corrected chi connectivity index (χ2v) is 2.82. The zero-order valence-electron chi connectivity index (χ0n) is 7.54. The van der Waals surface area contributed by atoms with Crippen molar-refractivity contribution in [2.45, 2.75) is 20.0 Å². The van der Waals surface area contributed by atoms with Gasteiger partial charge in [0.05, 0.1) is 0 Å². The zero-order chi connectivity index (χ0) is 9.84. The van der Waals surface area contributed by atoms with Crippen molar-refractivity contribution >= 4 is 0 Å². The first-order valence-corrected chi connectivity index (χ1v) is 3.96. The monoisotopic (exact) mass is 179 g/mol. The largest absolute Gasteiger partial charge is 0.473 e.